The highest BCUT2D eigenvalue weighted by atomic mass is 16.5. The fourth-order valence-corrected chi connectivity index (χ4v) is 1.91. The molecule has 2 aromatic carbocycles. The highest BCUT2D eigenvalue weighted by molar-refractivity contribution is 5.42. The van der Waals surface area contributed by atoms with E-state index in [0.717, 1.165) is 17.0 Å². The first-order chi connectivity index (χ1) is 9.29. The van der Waals surface area contributed by atoms with Gasteiger partial charge in [-0.15, -0.1) is 0 Å². The van der Waals surface area contributed by atoms with E-state index in [-0.39, 0.29) is 0 Å². The SMILES string of the molecule is CCOc1ccc(C)cc1CNNc1ccccc1. The fraction of sp³-hybridized carbons (Fsp3) is 0.250. The molecule has 0 spiro atoms. The molecule has 0 heterocycles. The number of rotatable bonds is 6. The first-order valence-corrected chi connectivity index (χ1v) is 6.56. The van der Waals surface area contributed by atoms with Gasteiger partial charge in [0.25, 0.3) is 0 Å². The summed E-state index contributed by atoms with van der Waals surface area (Å²) in [4.78, 5) is 0. The van der Waals surface area contributed by atoms with Crippen molar-refractivity contribution in [1.82, 2.24) is 5.43 Å². The molecule has 0 saturated heterocycles. The van der Waals surface area contributed by atoms with E-state index in [1.54, 1.807) is 0 Å². The zero-order chi connectivity index (χ0) is 13.5. The molecule has 0 fully saturated rings. The molecule has 3 nitrogen and oxygen atoms in total. The van der Waals surface area contributed by atoms with Crippen LogP contribution in [0.25, 0.3) is 0 Å². The lowest BCUT2D eigenvalue weighted by Gasteiger charge is -2.13. The number of nitrogens with one attached hydrogen (secondary N) is 2. The smallest absolute Gasteiger partial charge is 0.123 e. The molecule has 2 aromatic rings. The minimum Gasteiger partial charge on any atom is -0.494 e. The lowest BCUT2D eigenvalue weighted by Crippen LogP contribution is -2.21. The third kappa shape index (κ3) is 4.00. The average molecular weight is 256 g/mol. The molecular formula is C16H20N2O. The summed E-state index contributed by atoms with van der Waals surface area (Å²) < 4.78 is 5.63. The fourth-order valence-electron chi connectivity index (χ4n) is 1.91. The maximum Gasteiger partial charge on any atom is 0.123 e. The van der Waals surface area contributed by atoms with Crippen LogP contribution < -0.4 is 15.6 Å². The van der Waals surface area contributed by atoms with Crippen LogP contribution in [0.15, 0.2) is 48.5 Å². The molecule has 0 bridgehead atoms. The summed E-state index contributed by atoms with van der Waals surface area (Å²) in [6.45, 7) is 5.48. The Balaban J connectivity index is 1.96. The van der Waals surface area contributed by atoms with Crippen molar-refractivity contribution in [2.24, 2.45) is 0 Å². The van der Waals surface area contributed by atoms with Crippen LogP contribution in [0.5, 0.6) is 5.75 Å². The Bertz CT molecular complexity index is 511. The second-order valence-electron chi connectivity index (χ2n) is 4.39. The van der Waals surface area contributed by atoms with E-state index in [1.165, 1.54) is 5.56 Å². The van der Waals surface area contributed by atoms with E-state index >= 15 is 0 Å². The third-order valence-electron chi connectivity index (χ3n) is 2.80. The molecule has 2 N–H and O–H groups in total. The largest absolute Gasteiger partial charge is 0.494 e. The van der Waals surface area contributed by atoms with Crippen molar-refractivity contribution in [3.8, 4) is 5.75 Å². The zero-order valence-electron chi connectivity index (χ0n) is 11.4. The number of anilines is 1. The van der Waals surface area contributed by atoms with Crippen molar-refractivity contribution in [3.63, 3.8) is 0 Å². The first kappa shape index (κ1) is 13.4. The second-order valence-corrected chi connectivity index (χ2v) is 4.39. The Morgan fingerprint density at radius 2 is 1.84 bits per heavy atom. The molecule has 0 aromatic heterocycles. The van der Waals surface area contributed by atoms with Crippen molar-refractivity contribution >= 4 is 5.69 Å². The Hall–Kier alpha value is -2.00. The summed E-state index contributed by atoms with van der Waals surface area (Å²) in [5, 5.41) is 0. The van der Waals surface area contributed by atoms with E-state index in [2.05, 4.69) is 29.9 Å². The third-order valence-corrected chi connectivity index (χ3v) is 2.80. The monoisotopic (exact) mass is 256 g/mol. The number of ether oxygens (including phenoxy) is 1. The summed E-state index contributed by atoms with van der Waals surface area (Å²) in [5.74, 6) is 0.940. The summed E-state index contributed by atoms with van der Waals surface area (Å²) in [7, 11) is 0. The van der Waals surface area contributed by atoms with Gasteiger partial charge in [0.05, 0.1) is 6.61 Å². The number of para-hydroxylation sites is 1. The van der Waals surface area contributed by atoms with Crippen LogP contribution in [0.3, 0.4) is 0 Å². The van der Waals surface area contributed by atoms with Gasteiger partial charge in [-0.3, -0.25) is 0 Å². The van der Waals surface area contributed by atoms with Crippen LogP contribution in [-0.4, -0.2) is 6.61 Å². The molecule has 0 saturated carbocycles. The van der Waals surface area contributed by atoms with Crippen molar-refractivity contribution in [3.05, 3.63) is 59.7 Å². The molecule has 0 aliphatic carbocycles. The van der Waals surface area contributed by atoms with Gasteiger partial charge in [0.1, 0.15) is 5.75 Å². The van der Waals surface area contributed by atoms with Gasteiger partial charge in [-0.05, 0) is 32.0 Å². The van der Waals surface area contributed by atoms with E-state index in [4.69, 9.17) is 4.74 Å². The maximum absolute atomic E-state index is 5.63. The standard InChI is InChI=1S/C16H20N2O/c1-3-19-16-10-9-13(2)11-14(16)12-17-18-15-7-5-4-6-8-15/h4-11,17-18H,3,12H2,1-2H3. The van der Waals surface area contributed by atoms with Gasteiger partial charge >= 0.3 is 0 Å². The van der Waals surface area contributed by atoms with E-state index < -0.39 is 0 Å². The maximum atomic E-state index is 5.63. The highest BCUT2D eigenvalue weighted by Gasteiger charge is 2.03. The molecule has 0 amide bonds. The molecule has 0 aliphatic heterocycles. The Labute approximate surface area is 114 Å². The summed E-state index contributed by atoms with van der Waals surface area (Å²) in [5.41, 5.74) is 9.83. The topological polar surface area (TPSA) is 33.3 Å². The number of aryl methyl sites for hydroxylation is 1. The summed E-state index contributed by atoms with van der Waals surface area (Å²) in [6.07, 6.45) is 0. The van der Waals surface area contributed by atoms with E-state index in [1.807, 2.05) is 43.3 Å². The van der Waals surface area contributed by atoms with Crippen molar-refractivity contribution < 1.29 is 4.74 Å². The van der Waals surface area contributed by atoms with Gasteiger partial charge in [0, 0.05) is 17.8 Å². The number of hydrazine groups is 1. The number of hydrogen-bond acceptors (Lipinski definition) is 3. The normalized spacial score (nSPS) is 10.2. The van der Waals surface area contributed by atoms with Gasteiger partial charge in [-0.1, -0.05) is 35.9 Å². The predicted octanol–water partition coefficient (Wildman–Crippen LogP) is 3.51. The van der Waals surface area contributed by atoms with Crippen LogP contribution in [-0.2, 0) is 6.54 Å². The van der Waals surface area contributed by atoms with E-state index in [0.29, 0.717) is 13.2 Å². The predicted molar refractivity (Wildman–Crippen MR) is 79.3 cm³/mol. The quantitative estimate of drug-likeness (QED) is 0.776. The highest BCUT2D eigenvalue weighted by Crippen LogP contribution is 2.20. The Morgan fingerprint density at radius 3 is 2.58 bits per heavy atom. The van der Waals surface area contributed by atoms with Crippen molar-refractivity contribution in [1.29, 1.82) is 0 Å². The van der Waals surface area contributed by atoms with Gasteiger partial charge in [-0.2, -0.15) is 0 Å². The molecule has 2 rings (SSSR count). The first-order valence-electron chi connectivity index (χ1n) is 6.56. The number of hydrogen-bond donors (Lipinski definition) is 2. The molecular weight excluding hydrogens is 236 g/mol. The van der Waals surface area contributed by atoms with Crippen molar-refractivity contribution in [2.75, 3.05) is 12.0 Å². The molecule has 0 unspecified atom stereocenters. The Morgan fingerprint density at radius 1 is 1.05 bits per heavy atom. The van der Waals surface area contributed by atoms with Crippen LogP contribution in [0.1, 0.15) is 18.1 Å². The minimum absolute atomic E-state index is 0.683. The minimum atomic E-state index is 0.683. The molecule has 0 radical (unpaired) electrons. The summed E-state index contributed by atoms with van der Waals surface area (Å²) in [6, 6.07) is 16.3. The molecule has 0 atom stereocenters. The molecule has 3 heteroatoms. The second kappa shape index (κ2) is 6.81. The van der Waals surface area contributed by atoms with Gasteiger partial charge in [-0.25, -0.2) is 5.43 Å². The van der Waals surface area contributed by atoms with Crippen LogP contribution >= 0.6 is 0 Å². The lowest BCUT2D eigenvalue weighted by molar-refractivity contribution is 0.336. The lowest BCUT2D eigenvalue weighted by atomic mass is 10.1. The van der Waals surface area contributed by atoms with Crippen LogP contribution in [0.4, 0.5) is 5.69 Å². The number of benzene rings is 2. The van der Waals surface area contributed by atoms with Gasteiger partial charge < -0.3 is 10.2 Å². The molecule has 19 heavy (non-hydrogen) atoms. The summed E-state index contributed by atoms with van der Waals surface area (Å²) >= 11 is 0. The van der Waals surface area contributed by atoms with E-state index in [9.17, 15) is 0 Å². The molecule has 100 valence electrons. The molecule has 0 aliphatic rings. The van der Waals surface area contributed by atoms with Crippen molar-refractivity contribution in [2.45, 2.75) is 20.4 Å². The van der Waals surface area contributed by atoms with Gasteiger partial charge in [0.15, 0.2) is 0 Å². The average Bonchev–Trinajstić information content (AvgIpc) is 2.43. The van der Waals surface area contributed by atoms with Crippen LogP contribution in [0.2, 0.25) is 0 Å². The van der Waals surface area contributed by atoms with Gasteiger partial charge in [0.2, 0.25) is 0 Å². The Kier molecular flexibility index (Phi) is 4.81. The zero-order valence-corrected chi connectivity index (χ0v) is 11.4. The van der Waals surface area contributed by atoms with Crippen LogP contribution in [0, 0.1) is 6.92 Å².